The number of aryl methyl sites for hydroxylation is 1. The predicted octanol–water partition coefficient (Wildman–Crippen LogP) is 4.07. The van der Waals surface area contributed by atoms with Crippen molar-refractivity contribution >= 4 is 10.9 Å². The highest BCUT2D eigenvalue weighted by molar-refractivity contribution is 5.80. The number of nitrogens with zero attached hydrogens (tertiary/aromatic N) is 2. The third kappa shape index (κ3) is 3.37. The fourth-order valence-electron chi connectivity index (χ4n) is 2.69. The quantitative estimate of drug-likeness (QED) is 0.723. The molecule has 0 radical (unpaired) electrons. The fraction of sp³-hybridized carbons (Fsp3) is 0.316. The lowest BCUT2D eigenvalue weighted by atomic mass is 10.1. The first kappa shape index (κ1) is 15.6. The summed E-state index contributed by atoms with van der Waals surface area (Å²) in [7, 11) is 0. The van der Waals surface area contributed by atoms with Gasteiger partial charge in [0.1, 0.15) is 5.75 Å². The van der Waals surface area contributed by atoms with Crippen LogP contribution in [0.25, 0.3) is 10.9 Å². The lowest BCUT2D eigenvalue weighted by Gasteiger charge is -2.16. The van der Waals surface area contributed by atoms with Gasteiger partial charge in [-0.15, -0.1) is 0 Å². The van der Waals surface area contributed by atoms with E-state index >= 15 is 0 Å². The molecule has 0 spiro atoms. The monoisotopic (exact) mass is 310 g/mol. The average molecular weight is 310 g/mol. The normalized spacial score (nSPS) is 12.7. The third-order valence-corrected chi connectivity index (χ3v) is 3.85. The van der Waals surface area contributed by atoms with Gasteiger partial charge in [-0.1, -0.05) is 38.1 Å². The molecule has 23 heavy (non-hydrogen) atoms. The summed E-state index contributed by atoms with van der Waals surface area (Å²) in [4.78, 5) is 0. The Morgan fingerprint density at radius 1 is 1.17 bits per heavy atom. The minimum atomic E-state index is -0.973. The van der Waals surface area contributed by atoms with Crippen LogP contribution in [0.3, 0.4) is 0 Å². The van der Waals surface area contributed by atoms with Crippen LogP contribution in [0.2, 0.25) is 0 Å². The topological polar surface area (TPSA) is 47.3 Å². The first-order chi connectivity index (χ1) is 11.0. The molecule has 4 nitrogen and oxygen atoms in total. The lowest BCUT2D eigenvalue weighted by molar-refractivity contribution is -0.0197. The molecule has 1 unspecified atom stereocenters. The summed E-state index contributed by atoms with van der Waals surface area (Å²) in [5, 5.41) is 15.7. The highest BCUT2D eigenvalue weighted by atomic mass is 16.6. The number of aliphatic hydroxyl groups excluding tert-OH is 1. The van der Waals surface area contributed by atoms with E-state index in [4.69, 9.17) is 4.74 Å². The molecule has 0 bridgehead atoms. The van der Waals surface area contributed by atoms with Gasteiger partial charge in [0.15, 0.2) is 0 Å². The maximum Gasteiger partial charge on any atom is 0.224 e. The van der Waals surface area contributed by atoms with Crippen molar-refractivity contribution in [3.63, 3.8) is 0 Å². The number of fused-ring (bicyclic) bond motifs is 1. The SMILES string of the molecule is Cc1ccccc1C(O)Oc1ccc2c(cnn2CC(C)C)c1. The van der Waals surface area contributed by atoms with Crippen molar-refractivity contribution in [2.45, 2.75) is 33.6 Å². The molecule has 0 aliphatic rings. The van der Waals surface area contributed by atoms with Gasteiger partial charge in [-0.2, -0.15) is 5.10 Å². The number of hydrogen-bond donors (Lipinski definition) is 1. The Bertz CT molecular complexity index is 808. The van der Waals surface area contributed by atoms with Crippen molar-refractivity contribution in [1.82, 2.24) is 9.78 Å². The maximum absolute atomic E-state index is 10.3. The molecular formula is C19H22N2O2. The van der Waals surface area contributed by atoms with Crippen LogP contribution >= 0.6 is 0 Å². The van der Waals surface area contributed by atoms with Crippen molar-refractivity contribution in [1.29, 1.82) is 0 Å². The molecular weight excluding hydrogens is 288 g/mol. The zero-order valence-corrected chi connectivity index (χ0v) is 13.7. The largest absolute Gasteiger partial charge is 0.461 e. The number of aromatic nitrogens is 2. The van der Waals surface area contributed by atoms with Gasteiger partial charge < -0.3 is 9.84 Å². The molecule has 3 rings (SSSR count). The van der Waals surface area contributed by atoms with Crippen molar-refractivity contribution in [3.05, 3.63) is 59.8 Å². The van der Waals surface area contributed by atoms with E-state index in [1.165, 1.54) is 0 Å². The van der Waals surface area contributed by atoms with Crippen LogP contribution in [0, 0.1) is 12.8 Å². The lowest BCUT2D eigenvalue weighted by Crippen LogP contribution is -2.08. The molecule has 0 saturated carbocycles. The summed E-state index contributed by atoms with van der Waals surface area (Å²) in [6.45, 7) is 7.18. The molecule has 0 aliphatic heterocycles. The second-order valence-corrected chi connectivity index (χ2v) is 6.27. The zero-order chi connectivity index (χ0) is 16.4. The van der Waals surface area contributed by atoms with Gasteiger partial charge in [0.05, 0.1) is 11.7 Å². The van der Waals surface area contributed by atoms with E-state index in [1.807, 2.05) is 60.3 Å². The second kappa shape index (κ2) is 6.42. The Balaban J connectivity index is 1.83. The van der Waals surface area contributed by atoms with E-state index in [0.717, 1.165) is 28.6 Å². The Labute approximate surface area is 136 Å². The van der Waals surface area contributed by atoms with Crippen LogP contribution in [0.1, 0.15) is 31.3 Å². The van der Waals surface area contributed by atoms with Crippen molar-refractivity contribution in [3.8, 4) is 5.75 Å². The molecule has 3 aromatic rings. The van der Waals surface area contributed by atoms with Crippen LogP contribution < -0.4 is 4.74 Å². The number of ether oxygens (including phenoxy) is 1. The Morgan fingerprint density at radius 2 is 1.96 bits per heavy atom. The van der Waals surface area contributed by atoms with Crippen LogP contribution in [0.15, 0.2) is 48.7 Å². The van der Waals surface area contributed by atoms with Crippen LogP contribution in [0.4, 0.5) is 0 Å². The van der Waals surface area contributed by atoms with Crippen LogP contribution in [-0.2, 0) is 6.54 Å². The summed E-state index contributed by atoms with van der Waals surface area (Å²) < 4.78 is 7.70. The van der Waals surface area contributed by atoms with E-state index in [-0.39, 0.29) is 0 Å². The zero-order valence-electron chi connectivity index (χ0n) is 13.7. The van der Waals surface area contributed by atoms with Gasteiger partial charge in [0, 0.05) is 17.5 Å². The van der Waals surface area contributed by atoms with Crippen LogP contribution in [-0.4, -0.2) is 14.9 Å². The summed E-state index contributed by atoms with van der Waals surface area (Å²) in [6.07, 6.45) is 0.865. The summed E-state index contributed by atoms with van der Waals surface area (Å²) in [6, 6.07) is 13.5. The van der Waals surface area contributed by atoms with Gasteiger partial charge >= 0.3 is 0 Å². The molecule has 0 amide bonds. The average Bonchev–Trinajstić information content (AvgIpc) is 2.89. The van der Waals surface area contributed by atoms with Crippen molar-refractivity contribution in [2.24, 2.45) is 5.92 Å². The molecule has 1 heterocycles. The number of rotatable bonds is 5. The molecule has 0 saturated heterocycles. The van der Waals surface area contributed by atoms with Gasteiger partial charge in [0.2, 0.25) is 6.29 Å². The van der Waals surface area contributed by atoms with Crippen molar-refractivity contribution in [2.75, 3.05) is 0 Å². The second-order valence-electron chi connectivity index (χ2n) is 6.27. The number of aliphatic hydroxyl groups is 1. The highest BCUT2D eigenvalue weighted by Gasteiger charge is 2.12. The molecule has 1 aromatic heterocycles. The van der Waals surface area contributed by atoms with Gasteiger partial charge in [0.25, 0.3) is 0 Å². The van der Waals surface area contributed by atoms with Gasteiger partial charge in [-0.05, 0) is 36.6 Å². The fourth-order valence-corrected chi connectivity index (χ4v) is 2.69. The Morgan fingerprint density at radius 3 is 2.70 bits per heavy atom. The van der Waals surface area contributed by atoms with Gasteiger partial charge in [-0.3, -0.25) is 4.68 Å². The predicted molar refractivity (Wildman–Crippen MR) is 91.3 cm³/mol. The van der Waals surface area contributed by atoms with E-state index in [9.17, 15) is 5.11 Å². The summed E-state index contributed by atoms with van der Waals surface area (Å²) >= 11 is 0. The summed E-state index contributed by atoms with van der Waals surface area (Å²) in [5.74, 6) is 1.18. The minimum absolute atomic E-state index is 0.539. The summed E-state index contributed by atoms with van der Waals surface area (Å²) in [5.41, 5.74) is 2.87. The Kier molecular flexibility index (Phi) is 4.35. The molecule has 4 heteroatoms. The third-order valence-electron chi connectivity index (χ3n) is 3.85. The molecule has 2 aromatic carbocycles. The molecule has 0 aliphatic carbocycles. The molecule has 120 valence electrons. The number of hydrogen-bond acceptors (Lipinski definition) is 3. The maximum atomic E-state index is 10.3. The van der Waals surface area contributed by atoms with E-state index in [0.29, 0.717) is 11.7 Å². The highest BCUT2D eigenvalue weighted by Crippen LogP contribution is 2.26. The van der Waals surface area contributed by atoms with E-state index < -0.39 is 6.29 Å². The molecule has 0 fully saturated rings. The van der Waals surface area contributed by atoms with Crippen molar-refractivity contribution < 1.29 is 9.84 Å². The number of benzene rings is 2. The van der Waals surface area contributed by atoms with Gasteiger partial charge in [-0.25, -0.2) is 0 Å². The minimum Gasteiger partial charge on any atom is -0.461 e. The van der Waals surface area contributed by atoms with E-state index in [2.05, 4.69) is 18.9 Å². The van der Waals surface area contributed by atoms with Crippen LogP contribution in [0.5, 0.6) is 5.75 Å². The molecule has 1 atom stereocenters. The standard InChI is InChI=1S/C19H22N2O2/c1-13(2)12-21-18-9-8-16(10-15(18)11-20-21)23-19(22)17-7-5-4-6-14(17)3/h4-11,13,19,22H,12H2,1-3H3. The first-order valence-electron chi connectivity index (χ1n) is 7.90. The smallest absolute Gasteiger partial charge is 0.224 e. The Hall–Kier alpha value is -2.33. The molecule has 1 N–H and O–H groups in total. The van der Waals surface area contributed by atoms with E-state index in [1.54, 1.807) is 0 Å². The first-order valence-corrected chi connectivity index (χ1v) is 7.90.